The molecule has 5 nitrogen and oxygen atoms in total. The highest BCUT2D eigenvalue weighted by Crippen LogP contribution is 2.33. The van der Waals surface area contributed by atoms with Gasteiger partial charge in [0, 0.05) is 12.6 Å². The number of aliphatic hydroxyl groups excluding tert-OH is 1. The molecule has 0 aliphatic carbocycles. The fourth-order valence-electron chi connectivity index (χ4n) is 2.92. The number of fused-ring (bicyclic) bond motifs is 1. The number of likely N-dealkylation sites (tertiary alicyclic amines) is 1. The summed E-state index contributed by atoms with van der Waals surface area (Å²) in [4.78, 5) is 2.38. The lowest BCUT2D eigenvalue weighted by Gasteiger charge is -2.30. The van der Waals surface area contributed by atoms with Crippen LogP contribution in [-0.2, 0) is 0 Å². The van der Waals surface area contributed by atoms with E-state index in [1.165, 1.54) is 0 Å². The van der Waals surface area contributed by atoms with Gasteiger partial charge in [0.2, 0.25) is 0 Å². The highest BCUT2D eigenvalue weighted by molar-refractivity contribution is 5.44. The second-order valence-electron chi connectivity index (χ2n) is 5.89. The van der Waals surface area contributed by atoms with Gasteiger partial charge in [0.1, 0.15) is 13.2 Å². The summed E-state index contributed by atoms with van der Waals surface area (Å²) in [5, 5.41) is 10.4. The van der Waals surface area contributed by atoms with Gasteiger partial charge in [-0.05, 0) is 50.0 Å². The van der Waals surface area contributed by atoms with Crippen molar-refractivity contribution in [1.82, 2.24) is 4.90 Å². The second-order valence-corrected chi connectivity index (χ2v) is 5.89. The molecule has 116 valence electrons. The van der Waals surface area contributed by atoms with Crippen molar-refractivity contribution in [3.05, 3.63) is 23.8 Å². The Hall–Kier alpha value is -1.30. The molecule has 1 atom stereocenters. The molecule has 0 bridgehead atoms. The molecule has 5 heteroatoms. The maximum absolute atomic E-state index is 10.4. The van der Waals surface area contributed by atoms with Gasteiger partial charge < -0.3 is 25.2 Å². The topological polar surface area (TPSA) is 68.0 Å². The Labute approximate surface area is 125 Å². The third-order valence-corrected chi connectivity index (χ3v) is 4.30. The van der Waals surface area contributed by atoms with Crippen LogP contribution in [-0.4, -0.2) is 48.9 Å². The number of nitrogens with two attached hydrogens (primary N) is 1. The van der Waals surface area contributed by atoms with Crippen LogP contribution in [0, 0.1) is 0 Å². The van der Waals surface area contributed by atoms with Crippen molar-refractivity contribution < 1.29 is 14.6 Å². The first-order valence-electron chi connectivity index (χ1n) is 7.78. The summed E-state index contributed by atoms with van der Waals surface area (Å²) in [6.45, 7) is 4.14. The zero-order valence-corrected chi connectivity index (χ0v) is 12.3. The maximum atomic E-state index is 10.4. The smallest absolute Gasteiger partial charge is 0.161 e. The fraction of sp³-hybridized carbons (Fsp3) is 0.625. The average Bonchev–Trinajstić information content (AvgIpc) is 2.53. The fourth-order valence-corrected chi connectivity index (χ4v) is 2.92. The first-order valence-corrected chi connectivity index (χ1v) is 7.78. The molecule has 1 saturated heterocycles. The largest absolute Gasteiger partial charge is 0.486 e. The number of ether oxygens (including phenoxy) is 2. The van der Waals surface area contributed by atoms with E-state index in [9.17, 15) is 5.11 Å². The van der Waals surface area contributed by atoms with Crippen molar-refractivity contribution >= 4 is 0 Å². The number of piperidine rings is 1. The van der Waals surface area contributed by atoms with Gasteiger partial charge in [0.05, 0.1) is 6.10 Å². The molecular weight excluding hydrogens is 268 g/mol. The van der Waals surface area contributed by atoms with Crippen LogP contribution in [0.2, 0.25) is 0 Å². The quantitative estimate of drug-likeness (QED) is 0.875. The molecule has 2 heterocycles. The normalized spacial score (nSPS) is 21.2. The number of rotatable bonds is 4. The molecule has 0 aromatic heterocycles. The minimum absolute atomic E-state index is 0.351. The van der Waals surface area contributed by atoms with Crippen molar-refractivity contribution in [3.8, 4) is 11.5 Å². The van der Waals surface area contributed by atoms with Crippen molar-refractivity contribution in [2.75, 3.05) is 32.8 Å². The summed E-state index contributed by atoms with van der Waals surface area (Å²) in [5.41, 5.74) is 6.80. The Morgan fingerprint density at radius 2 is 1.90 bits per heavy atom. The SMILES string of the molecule is NC1CCN(CCC(O)c2ccc3c(c2)OCCO3)CC1. The van der Waals surface area contributed by atoms with Gasteiger partial charge in [-0.3, -0.25) is 0 Å². The standard InChI is InChI=1S/C16H24N2O3/c17-13-3-6-18(7-4-13)8-5-14(19)12-1-2-15-16(11-12)21-10-9-20-15/h1-2,11,13-14,19H,3-10,17H2. The van der Waals surface area contributed by atoms with E-state index in [0.29, 0.717) is 19.3 Å². The van der Waals surface area contributed by atoms with E-state index in [1.54, 1.807) is 0 Å². The lowest BCUT2D eigenvalue weighted by atomic mass is 10.0. The van der Waals surface area contributed by atoms with Gasteiger partial charge in [-0.15, -0.1) is 0 Å². The monoisotopic (exact) mass is 292 g/mol. The first-order chi connectivity index (χ1) is 10.2. The zero-order chi connectivity index (χ0) is 14.7. The maximum Gasteiger partial charge on any atom is 0.161 e. The van der Waals surface area contributed by atoms with E-state index in [-0.39, 0.29) is 0 Å². The van der Waals surface area contributed by atoms with E-state index in [4.69, 9.17) is 15.2 Å². The molecule has 21 heavy (non-hydrogen) atoms. The molecule has 3 N–H and O–H groups in total. The third-order valence-electron chi connectivity index (χ3n) is 4.30. The van der Waals surface area contributed by atoms with Crippen molar-refractivity contribution in [2.24, 2.45) is 5.73 Å². The Kier molecular flexibility index (Phi) is 4.63. The predicted octanol–water partition coefficient (Wildman–Crippen LogP) is 1.30. The third kappa shape index (κ3) is 3.67. The van der Waals surface area contributed by atoms with E-state index >= 15 is 0 Å². The van der Waals surface area contributed by atoms with Gasteiger partial charge in [-0.1, -0.05) is 6.07 Å². The van der Waals surface area contributed by atoms with Gasteiger partial charge >= 0.3 is 0 Å². The molecule has 0 radical (unpaired) electrons. The van der Waals surface area contributed by atoms with Gasteiger partial charge in [0.15, 0.2) is 11.5 Å². The summed E-state index contributed by atoms with van der Waals surface area (Å²) >= 11 is 0. The predicted molar refractivity (Wildman–Crippen MR) is 80.7 cm³/mol. The molecule has 0 saturated carbocycles. The van der Waals surface area contributed by atoms with Crippen LogP contribution in [0.1, 0.15) is 30.9 Å². The second kappa shape index (κ2) is 6.64. The van der Waals surface area contributed by atoms with Gasteiger partial charge in [-0.25, -0.2) is 0 Å². The van der Waals surface area contributed by atoms with Crippen LogP contribution in [0.15, 0.2) is 18.2 Å². The van der Waals surface area contributed by atoms with Crippen LogP contribution in [0.5, 0.6) is 11.5 Å². The molecule has 0 spiro atoms. The molecule has 2 aliphatic rings. The number of benzene rings is 1. The molecule has 3 rings (SSSR count). The van der Waals surface area contributed by atoms with Crippen LogP contribution in [0.25, 0.3) is 0 Å². The average molecular weight is 292 g/mol. The lowest BCUT2D eigenvalue weighted by molar-refractivity contribution is 0.129. The Bertz CT molecular complexity index is 473. The van der Waals surface area contributed by atoms with Crippen molar-refractivity contribution in [1.29, 1.82) is 0 Å². The first kappa shape index (κ1) is 14.6. The summed E-state index contributed by atoms with van der Waals surface area (Å²) in [7, 11) is 0. The summed E-state index contributed by atoms with van der Waals surface area (Å²) < 4.78 is 11.1. The minimum Gasteiger partial charge on any atom is -0.486 e. The summed E-state index contributed by atoms with van der Waals surface area (Å²) in [5.74, 6) is 1.50. The molecular formula is C16H24N2O3. The van der Waals surface area contributed by atoms with Crippen LogP contribution >= 0.6 is 0 Å². The van der Waals surface area contributed by atoms with Crippen LogP contribution in [0.3, 0.4) is 0 Å². The molecule has 1 aromatic carbocycles. The number of nitrogens with zero attached hydrogens (tertiary/aromatic N) is 1. The van der Waals surface area contributed by atoms with Gasteiger partial charge in [0.25, 0.3) is 0 Å². The minimum atomic E-state index is -0.462. The number of aliphatic hydroxyl groups is 1. The Balaban J connectivity index is 1.54. The van der Waals surface area contributed by atoms with Gasteiger partial charge in [-0.2, -0.15) is 0 Å². The molecule has 0 amide bonds. The van der Waals surface area contributed by atoms with E-state index in [2.05, 4.69) is 4.90 Å². The zero-order valence-electron chi connectivity index (χ0n) is 12.3. The van der Waals surface area contributed by atoms with E-state index < -0.39 is 6.10 Å². The summed E-state index contributed by atoms with van der Waals surface area (Å²) in [6.07, 6.45) is 2.38. The molecule has 1 unspecified atom stereocenters. The van der Waals surface area contributed by atoms with Crippen LogP contribution in [0.4, 0.5) is 0 Å². The van der Waals surface area contributed by atoms with E-state index in [1.807, 2.05) is 18.2 Å². The highest BCUT2D eigenvalue weighted by atomic mass is 16.6. The Morgan fingerprint density at radius 3 is 2.67 bits per heavy atom. The number of hydrogen-bond acceptors (Lipinski definition) is 5. The molecule has 2 aliphatic heterocycles. The van der Waals surface area contributed by atoms with E-state index in [0.717, 1.165) is 56.0 Å². The lowest BCUT2D eigenvalue weighted by Crippen LogP contribution is -2.40. The number of hydrogen-bond donors (Lipinski definition) is 2. The highest BCUT2D eigenvalue weighted by Gasteiger charge is 2.19. The summed E-state index contributed by atoms with van der Waals surface area (Å²) in [6, 6.07) is 6.05. The van der Waals surface area contributed by atoms with Crippen molar-refractivity contribution in [3.63, 3.8) is 0 Å². The molecule has 1 aromatic rings. The van der Waals surface area contributed by atoms with Crippen molar-refractivity contribution in [2.45, 2.75) is 31.4 Å². The Morgan fingerprint density at radius 1 is 1.19 bits per heavy atom. The van der Waals surface area contributed by atoms with Crippen LogP contribution < -0.4 is 15.2 Å². The molecule has 1 fully saturated rings.